The highest BCUT2D eigenvalue weighted by Crippen LogP contribution is 2.30. The average molecular weight is 506 g/mol. The summed E-state index contributed by atoms with van der Waals surface area (Å²) in [5.74, 6) is -0.219. The second-order valence-electron chi connectivity index (χ2n) is 8.55. The van der Waals surface area contributed by atoms with Gasteiger partial charge < -0.3 is 25.5 Å². The molecule has 3 heterocycles. The van der Waals surface area contributed by atoms with Crippen molar-refractivity contribution in [3.63, 3.8) is 0 Å². The highest BCUT2D eigenvalue weighted by Gasteiger charge is 2.25. The number of hydrogen-bond donors (Lipinski definition) is 4. The summed E-state index contributed by atoms with van der Waals surface area (Å²) in [6.07, 6.45) is 4.33. The molecule has 0 radical (unpaired) electrons. The Bertz CT molecular complexity index is 1400. The lowest BCUT2D eigenvalue weighted by molar-refractivity contribution is -0.0224. The number of ketones is 1. The number of amides is 1. The van der Waals surface area contributed by atoms with E-state index in [4.69, 9.17) is 16.3 Å². The van der Waals surface area contributed by atoms with Crippen LogP contribution in [0.2, 0.25) is 5.02 Å². The third kappa shape index (κ3) is 4.94. The van der Waals surface area contributed by atoms with Crippen LogP contribution in [-0.2, 0) is 4.74 Å². The summed E-state index contributed by atoms with van der Waals surface area (Å²) in [6.45, 7) is 0.402. The number of H-pyrrole nitrogens is 1. The average Bonchev–Trinajstić information content (AvgIpc) is 3.35. The predicted octanol–water partition coefficient (Wildman–Crippen LogP) is 4.05. The maximum absolute atomic E-state index is 13.6. The first-order chi connectivity index (χ1) is 17.5. The molecular weight excluding hydrogens is 482 g/mol. The number of aromatic amines is 1. The van der Waals surface area contributed by atoms with Crippen LogP contribution in [0.1, 0.15) is 39.1 Å². The molecule has 0 spiro atoms. The van der Waals surface area contributed by atoms with Gasteiger partial charge in [-0.25, -0.2) is 9.97 Å². The normalized spacial score (nSPS) is 17.6. The molecule has 4 aromatic rings. The number of hydrogen-bond acceptors (Lipinski definition) is 7. The van der Waals surface area contributed by atoms with E-state index < -0.39 is 0 Å². The predicted molar refractivity (Wildman–Crippen MR) is 137 cm³/mol. The first-order valence-electron chi connectivity index (χ1n) is 11.5. The third-order valence-electron chi connectivity index (χ3n) is 6.13. The number of carbonyl (C=O) groups excluding carboxylic acids is 2. The van der Waals surface area contributed by atoms with Gasteiger partial charge in [-0.3, -0.25) is 9.59 Å². The summed E-state index contributed by atoms with van der Waals surface area (Å²) in [5, 5.41) is 16.2. The Labute approximate surface area is 211 Å². The molecule has 0 unspecified atom stereocenters. The van der Waals surface area contributed by atoms with E-state index in [9.17, 15) is 14.7 Å². The molecule has 184 valence electrons. The lowest BCUT2D eigenvalue weighted by Gasteiger charge is -2.29. The molecule has 2 aromatic carbocycles. The molecule has 9 nitrogen and oxygen atoms in total. The minimum absolute atomic E-state index is 0.00979. The van der Waals surface area contributed by atoms with Crippen molar-refractivity contribution in [3.8, 4) is 0 Å². The van der Waals surface area contributed by atoms with Gasteiger partial charge in [-0.2, -0.15) is 0 Å². The minimum atomic E-state index is -0.362. The molecule has 1 aliphatic heterocycles. The van der Waals surface area contributed by atoms with Gasteiger partial charge in [0, 0.05) is 23.0 Å². The second kappa shape index (κ2) is 10.4. The summed E-state index contributed by atoms with van der Waals surface area (Å²) in [5.41, 5.74) is 1.97. The van der Waals surface area contributed by atoms with Crippen molar-refractivity contribution in [1.29, 1.82) is 0 Å². The van der Waals surface area contributed by atoms with Crippen molar-refractivity contribution in [2.24, 2.45) is 0 Å². The van der Waals surface area contributed by atoms with Crippen LogP contribution in [0, 0.1) is 0 Å². The Morgan fingerprint density at radius 3 is 2.69 bits per heavy atom. The van der Waals surface area contributed by atoms with Crippen LogP contribution in [0.25, 0.3) is 11.0 Å². The highest BCUT2D eigenvalue weighted by atomic mass is 35.5. The molecule has 2 atom stereocenters. The largest absolute Gasteiger partial charge is 0.394 e. The van der Waals surface area contributed by atoms with E-state index in [1.54, 1.807) is 24.4 Å². The van der Waals surface area contributed by atoms with Crippen LogP contribution in [0.4, 0.5) is 11.5 Å². The smallest absolute Gasteiger partial charge is 0.255 e. The van der Waals surface area contributed by atoms with Crippen molar-refractivity contribution < 1.29 is 19.4 Å². The summed E-state index contributed by atoms with van der Waals surface area (Å²) in [7, 11) is 0. The summed E-state index contributed by atoms with van der Waals surface area (Å²) < 4.78 is 5.66. The van der Waals surface area contributed by atoms with Crippen LogP contribution in [-0.4, -0.2) is 57.1 Å². The molecule has 1 saturated heterocycles. The molecule has 4 N–H and O–H groups in total. The van der Waals surface area contributed by atoms with E-state index in [-0.39, 0.29) is 41.0 Å². The maximum atomic E-state index is 13.6. The number of fused-ring (bicyclic) bond motifs is 1. The lowest BCUT2D eigenvalue weighted by atomic mass is 10.0. The minimum Gasteiger partial charge on any atom is -0.394 e. The van der Waals surface area contributed by atoms with Gasteiger partial charge in [0.05, 0.1) is 41.3 Å². The fourth-order valence-electron chi connectivity index (χ4n) is 4.22. The molecule has 36 heavy (non-hydrogen) atoms. The lowest BCUT2D eigenvalue weighted by Crippen LogP contribution is -2.36. The van der Waals surface area contributed by atoms with Crippen LogP contribution in [0.3, 0.4) is 0 Å². The number of aliphatic hydroxyl groups is 1. The SMILES string of the molecule is O=C(Nc1ccccc1)c1ccc(Cl)c(C(=O)c2c[nH]c3ncnc(N[C@@H]4CC[C@@H](CO)OC4)c23)c1. The molecule has 10 heteroatoms. The molecule has 1 fully saturated rings. The zero-order valence-corrected chi connectivity index (χ0v) is 20.0. The number of aromatic nitrogens is 3. The second-order valence-corrected chi connectivity index (χ2v) is 8.96. The molecule has 0 saturated carbocycles. The van der Waals surface area contributed by atoms with Crippen molar-refractivity contribution in [1.82, 2.24) is 15.0 Å². The zero-order valence-electron chi connectivity index (χ0n) is 19.2. The molecule has 1 amide bonds. The van der Waals surface area contributed by atoms with Crippen molar-refractivity contribution in [3.05, 3.63) is 82.8 Å². The fraction of sp³-hybridized carbons (Fsp3) is 0.231. The van der Waals surface area contributed by atoms with Crippen molar-refractivity contribution >= 4 is 45.8 Å². The molecule has 2 aromatic heterocycles. The number of halogens is 1. The van der Waals surface area contributed by atoms with Crippen LogP contribution in [0.15, 0.2) is 61.1 Å². The number of anilines is 2. The van der Waals surface area contributed by atoms with Gasteiger partial charge in [-0.15, -0.1) is 0 Å². The van der Waals surface area contributed by atoms with Crippen LogP contribution in [0.5, 0.6) is 0 Å². The molecular formula is C26H24ClN5O4. The van der Waals surface area contributed by atoms with E-state index in [1.807, 2.05) is 18.2 Å². The Kier molecular flexibility index (Phi) is 6.95. The van der Waals surface area contributed by atoms with E-state index in [2.05, 4.69) is 25.6 Å². The molecule has 0 aliphatic carbocycles. The van der Waals surface area contributed by atoms with Crippen molar-refractivity contribution in [2.75, 3.05) is 23.8 Å². The fourth-order valence-corrected chi connectivity index (χ4v) is 4.42. The van der Waals surface area contributed by atoms with Gasteiger partial charge in [0.2, 0.25) is 0 Å². The standard InChI is InChI=1S/C26H24ClN5O4/c27-21-9-6-15(26(35)32-16-4-2-1-3-5-16)10-19(21)23(34)20-11-28-24-22(20)25(30-14-29-24)31-17-7-8-18(12-33)36-13-17/h1-6,9-11,14,17-18,33H,7-8,12-13H2,(H,32,35)(H2,28,29,30,31)/t17-,18+/m1/s1. The van der Waals surface area contributed by atoms with Gasteiger partial charge in [-0.1, -0.05) is 29.8 Å². The summed E-state index contributed by atoms with van der Waals surface area (Å²) in [4.78, 5) is 38.1. The van der Waals surface area contributed by atoms with Crippen LogP contribution < -0.4 is 10.6 Å². The van der Waals surface area contributed by atoms with E-state index in [0.29, 0.717) is 40.3 Å². The quantitative estimate of drug-likeness (QED) is 0.279. The van der Waals surface area contributed by atoms with Gasteiger partial charge in [0.15, 0.2) is 5.78 Å². The van der Waals surface area contributed by atoms with Crippen LogP contribution >= 0.6 is 11.6 Å². The van der Waals surface area contributed by atoms with Gasteiger partial charge in [0.1, 0.15) is 17.8 Å². The van der Waals surface area contributed by atoms with Gasteiger partial charge in [0.25, 0.3) is 5.91 Å². The summed E-state index contributed by atoms with van der Waals surface area (Å²) in [6, 6.07) is 13.6. The Morgan fingerprint density at radius 1 is 1.11 bits per heavy atom. The number of ether oxygens (including phenoxy) is 1. The number of carbonyl (C=O) groups is 2. The number of benzene rings is 2. The summed E-state index contributed by atoms with van der Waals surface area (Å²) >= 11 is 6.40. The highest BCUT2D eigenvalue weighted by molar-refractivity contribution is 6.36. The number of para-hydroxylation sites is 1. The first-order valence-corrected chi connectivity index (χ1v) is 11.9. The van der Waals surface area contributed by atoms with Gasteiger partial charge in [-0.05, 0) is 43.2 Å². The Morgan fingerprint density at radius 2 is 1.94 bits per heavy atom. The van der Waals surface area contributed by atoms with E-state index >= 15 is 0 Å². The number of rotatable bonds is 7. The molecule has 1 aliphatic rings. The Balaban J connectivity index is 1.43. The number of aliphatic hydroxyl groups excluding tert-OH is 1. The van der Waals surface area contributed by atoms with Gasteiger partial charge >= 0.3 is 0 Å². The Hall–Kier alpha value is -3.79. The molecule has 5 rings (SSSR count). The first kappa shape index (κ1) is 23.9. The number of nitrogens with one attached hydrogen (secondary N) is 3. The van der Waals surface area contributed by atoms with Crippen molar-refractivity contribution in [2.45, 2.75) is 25.0 Å². The third-order valence-corrected chi connectivity index (χ3v) is 6.46. The maximum Gasteiger partial charge on any atom is 0.255 e. The number of nitrogens with zero attached hydrogens (tertiary/aromatic N) is 2. The van der Waals surface area contributed by atoms with E-state index in [1.165, 1.54) is 18.5 Å². The monoisotopic (exact) mass is 505 g/mol. The topological polar surface area (TPSA) is 129 Å². The zero-order chi connectivity index (χ0) is 25.1. The van der Waals surface area contributed by atoms with E-state index in [0.717, 1.165) is 12.8 Å². The molecule has 0 bridgehead atoms.